The second kappa shape index (κ2) is 10.5. The SMILES string of the molecule is c1ccc(P(C[C@@H]2CN[C@@H](P(c3ccccc3)c3ccccc3)C2)c2ccccc2)cc1. The molecule has 0 radical (unpaired) electrons. The van der Waals surface area contributed by atoms with Gasteiger partial charge in [-0.3, -0.25) is 0 Å². The van der Waals surface area contributed by atoms with Crippen LogP contribution in [-0.4, -0.2) is 18.5 Å². The molecule has 1 nitrogen and oxygen atoms in total. The van der Waals surface area contributed by atoms with Gasteiger partial charge in [-0.1, -0.05) is 121 Å². The van der Waals surface area contributed by atoms with Gasteiger partial charge in [-0.05, 0) is 62.1 Å². The van der Waals surface area contributed by atoms with Crippen molar-refractivity contribution in [2.24, 2.45) is 5.92 Å². The molecule has 1 aliphatic rings. The number of rotatable bonds is 7. The fourth-order valence-corrected chi connectivity index (χ4v) is 10.0. The van der Waals surface area contributed by atoms with Gasteiger partial charge >= 0.3 is 0 Å². The molecule has 4 aromatic rings. The van der Waals surface area contributed by atoms with Crippen molar-refractivity contribution in [3.8, 4) is 0 Å². The fourth-order valence-electron chi connectivity index (χ4n) is 4.64. The number of benzene rings is 4. The highest BCUT2D eigenvalue weighted by Crippen LogP contribution is 2.46. The predicted molar refractivity (Wildman–Crippen MR) is 143 cm³/mol. The van der Waals surface area contributed by atoms with E-state index in [1.54, 1.807) is 0 Å². The zero-order valence-corrected chi connectivity index (χ0v) is 20.0. The molecule has 1 aliphatic heterocycles. The molecule has 0 aliphatic carbocycles. The molecule has 0 aromatic heterocycles. The first-order valence-electron chi connectivity index (χ1n) is 11.4. The van der Waals surface area contributed by atoms with Crippen molar-refractivity contribution >= 4 is 37.1 Å². The summed E-state index contributed by atoms with van der Waals surface area (Å²) in [6, 6.07) is 44.5. The minimum atomic E-state index is -0.416. The molecular formula is C29H29NP2. The highest BCUT2D eigenvalue weighted by molar-refractivity contribution is 7.73. The van der Waals surface area contributed by atoms with E-state index in [0.29, 0.717) is 11.7 Å². The third-order valence-corrected chi connectivity index (χ3v) is 11.6. The van der Waals surface area contributed by atoms with Crippen LogP contribution in [0.25, 0.3) is 0 Å². The zero-order valence-electron chi connectivity index (χ0n) is 18.2. The lowest BCUT2D eigenvalue weighted by Gasteiger charge is -2.26. The van der Waals surface area contributed by atoms with Gasteiger partial charge in [-0.25, -0.2) is 0 Å². The fraction of sp³-hybridized carbons (Fsp3) is 0.172. The summed E-state index contributed by atoms with van der Waals surface area (Å²) in [5.74, 6) is 1.23. The van der Waals surface area contributed by atoms with Crippen molar-refractivity contribution in [1.82, 2.24) is 5.32 Å². The molecule has 32 heavy (non-hydrogen) atoms. The van der Waals surface area contributed by atoms with E-state index in [1.807, 2.05) is 0 Å². The molecule has 1 fully saturated rings. The summed E-state index contributed by atoms with van der Waals surface area (Å²) in [5, 5.41) is 9.88. The monoisotopic (exact) mass is 453 g/mol. The normalized spacial score (nSPS) is 18.3. The smallest absolute Gasteiger partial charge is 0.0354 e. The average Bonchev–Trinajstić information content (AvgIpc) is 3.33. The number of hydrogen-bond acceptors (Lipinski definition) is 1. The summed E-state index contributed by atoms with van der Waals surface area (Å²) in [4.78, 5) is 0. The Morgan fingerprint density at radius 3 is 1.41 bits per heavy atom. The van der Waals surface area contributed by atoms with E-state index in [2.05, 4.69) is 127 Å². The molecule has 1 heterocycles. The molecule has 0 amide bonds. The van der Waals surface area contributed by atoms with Crippen LogP contribution in [-0.2, 0) is 0 Å². The lowest BCUT2D eigenvalue weighted by molar-refractivity contribution is 0.657. The van der Waals surface area contributed by atoms with Crippen LogP contribution in [0.2, 0.25) is 0 Å². The van der Waals surface area contributed by atoms with Crippen molar-refractivity contribution in [2.45, 2.75) is 12.2 Å². The minimum Gasteiger partial charge on any atom is -0.309 e. The summed E-state index contributed by atoms with van der Waals surface area (Å²) in [7, 11) is -0.758. The summed E-state index contributed by atoms with van der Waals surface area (Å²) >= 11 is 0. The Hall–Kier alpha value is -2.30. The Balaban J connectivity index is 1.38. The summed E-state index contributed by atoms with van der Waals surface area (Å²) < 4.78 is 0. The molecule has 4 aromatic carbocycles. The van der Waals surface area contributed by atoms with Crippen molar-refractivity contribution in [2.75, 3.05) is 12.7 Å². The number of nitrogens with one attached hydrogen (secondary N) is 1. The lowest BCUT2D eigenvalue weighted by Crippen LogP contribution is -2.28. The highest BCUT2D eigenvalue weighted by Gasteiger charge is 2.33. The molecule has 0 bridgehead atoms. The predicted octanol–water partition coefficient (Wildman–Crippen LogP) is 5.19. The largest absolute Gasteiger partial charge is 0.309 e. The third-order valence-electron chi connectivity index (χ3n) is 6.16. The van der Waals surface area contributed by atoms with E-state index in [4.69, 9.17) is 0 Å². The molecule has 2 atom stereocenters. The molecule has 5 rings (SSSR count). The summed E-state index contributed by atoms with van der Waals surface area (Å²) in [6.45, 7) is 1.11. The van der Waals surface area contributed by atoms with Gasteiger partial charge in [0, 0.05) is 5.78 Å². The van der Waals surface area contributed by atoms with E-state index < -0.39 is 7.92 Å². The van der Waals surface area contributed by atoms with Crippen LogP contribution in [0.3, 0.4) is 0 Å². The number of hydrogen-bond donors (Lipinski definition) is 1. The van der Waals surface area contributed by atoms with Crippen LogP contribution in [0.4, 0.5) is 0 Å². The van der Waals surface area contributed by atoms with Crippen molar-refractivity contribution < 1.29 is 0 Å². The Kier molecular flexibility index (Phi) is 7.10. The topological polar surface area (TPSA) is 12.0 Å². The molecule has 1 saturated heterocycles. The van der Waals surface area contributed by atoms with Crippen molar-refractivity contribution in [3.05, 3.63) is 121 Å². The minimum absolute atomic E-state index is 0.342. The van der Waals surface area contributed by atoms with Crippen LogP contribution >= 0.6 is 15.8 Å². The lowest BCUT2D eigenvalue weighted by atomic mass is 10.2. The van der Waals surface area contributed by atoms with Gasteiger partial charge in [0.25, 0.3) is 0 Å². The second-order valence-electron chi connectivity index (χ2n) is 8.35. The quantitative estimate of drug-likeness (QED) is 0.380. The Morgan fingerprint density at radius 1 is 0.562 bits per heavy atom. The Labute approximate surface area is 194 Å². The van der Waals surface area contributed by atoms with Gasteiger partial charge in [0.05, 0.1) is 0 Å². The summed E-state index contributed by atoms with van der Waals surface area (Å²) in [5.41, 5.74) is 0. The average molecular weight is 454 g/mol. The van der Waals surface area contributed by atoms with Gasteiger partial charge < -0.3 is 5.32 Å². The van der Waals surface area contributed by atoms with E-state index in [-0.39, 0.29) is 7.92 Å². The van der Waals surface area contributed by atoms with Crippen LogP contribution in [0.1, 0.15) is 6.42 Å². The zero-order chi connectivity index (χ0) is 21.6. The van der Waals surface area contributed by atoms with Crippen molar-refractivity contribution in [3.63, 3.8) is 0 Å². The van der Waals surface area contributed by atoms with Crippen molar-refractivity contribution in [1.29, 1.82) is 0 Å². The van der Waals surface area contributed by atoms with Gasteiger partial charge in [0.1, 0.15) is 0 Å². The molecule has 160 valence electrons. The van der Waals surface area contributed by atoms with E-state index in [1.165, 1.54) is 33.8 Å². The van der Waals surface area contributed by atoms with Crippen LogP contribution < -0.4 is 26.5 Å². The Morgan fingerprint density at radius 2 is 0.969 bits per heavy atom. The van der Waals surface area contributed by atoms with Crippen LogP contribution in [0, 0.1) is 5.92 Å². The standard InChI is InChI=1S/C29H29NP2/c1-5-13-25(14-6-1)31(26-15-7-2-8-16-26)23-24-21-29(30-22-24)32(27-17-9-3-10-18-27)28-19-11-4-12-20-28/h1-20,24,29-30H,21-23H2/t24-,29-/m0/s1. The van der Waals surface area contributed by atoms with E-state index >= 15 is 0 Å². The first-order valence-corrected chi connectivity index (χ1v) is 14.3. The molecule has 1 N–H and O–H groups in total. The van der Waals surface area contributed by atoms with Gasteiger partial charge in [-0.15, -0.1) is 0 Å². The van der Waals surface area contributed by atoms with Crippen LogP contribution in [0.5, 0.6) is 0 Å². The van der Waals surface area contributed by atoms with Gasteiger partial charge in [0.2, 0.25) is 0 Å². The molecular weight excluding hydrogens is 424 g/mol. The first-order chi connectivity index (χ1) is 15.9. The van der Waals surface area contributed by atoms with E-state index in [9.17, 15) is 0 Å². The highest BCUT2D eigenvalue weighted by atomic mass is 31.1. The maximum Gasteiger partial charge on any atom is 0.0354 e. The molecule has 3 heteroatoms. The first kappa shape index (κ1) is 21.5. The summed E-state index contributed by atoms with van der Waals surface area (Å²) in [6.07, 6.45) is 2.49. The maximum absolute atomic E-state index is 3.95. The van der Waals surface area contributed by atoms with Gasteiger partial charge in [0.15, 0.2) is 0 Å². The van der Waals surface area contributed by atoms with Gasteiger partial charge in [-0.2, -0.15) is 0 Å². The second-order valence-corrected chi connectivity index (χ2v) is 13.0. The molecule has 0 saturated carbocycles. The molecule has 0 spiro atoms. The maximum atomic E-state index is 3.95. The third kappa shape index (κ3) is 5.02. The van der Waals surface area contributed by atoms with E-state index in [0.717, 1.165) is 6.54 Å². The van der Waals surface area contributed by atoms with Crippen LogP contribution in [0.15, 0.2) is 121 Å². The Bertz CT molecular complexity index is 1010. The molecule has 0 unspecified atom stereocenters.